The minimum absolute atomic E-state index is 0.0204. The Kier molecular flexibility index (Phi) is 2.74. The second kappa shape index (κ2) is 3.96. The molecular weight excluding hydrogens is 255 g/mol. The van der Waals surface area contributed by atoms with Crippen molar-refractivity contribution in [2.75, 3.05) is 5.73 Å². The van der Waals surface area contributed by atoms with Crippen molar-refractivity contribution in [1.29, 1.82) is 0 Å². The van der Waals surface area contributed by atoms with Gasteiger partial charge in [-0.3, -0.25) is 5.10 Å². The first-order chi connectivity index (χ1) is 7.89. The monoisotopic (exact) mass is 261 g/mol. The largest absolute Gasteiger partial charge is 0.416 e. The summed E-state index contributed by atoms with van der Waals surface area (Å²) in [6, 6.07) is 3.09. The molecule has 90 valence electrons. The summed E-state index contributed by atoms with van der Waals surface area (Å²) in [6.45, 7) is 0. The number of nitrogens with two attached hydrogens (primary N) is 1. The van der Waals surface area contributed by atoms with Crippen LogP contribution in [0, 0.1) is 0 Å². The Morgan fingerprint density at radius 2 is 1.94 bits per heavy atom. The molecule has 3 N–H and O–H groups in total. The van der Waals surface area contributed by atoms with Gasteiger partial charge in [0.25, 0.3) is 0 Å². The average Bonchev–Trinajstić information content (AvgIpc) is 2.63. The molecule has 1 aromatic heterocycles. The van der Waals surface area contributed by atoms with Crippen molar-refractivity contribution in [3.63, 3.8) is 0 Å². The summed E-state index contributed by atoms with van der Waals surface area (Å²) in [5.74, 6) is 0.256. The molecule has 0 saturated carbocycles. The second-order valence-corrected chi connectivity index (χ2v) is 3.80. The number of nitrogen functional groups attached to an aromatic ring is 1. The number of aromatic nitrogens is 2. The van der Waals surface area contributed by atoms with Crippen molar-refractivity contribution in [3.05, 3.63) is 35.0 Å². The van der Waals surface area contributed by atoms with E-state index in [4.69, 9.17) is 17.3 Å². The lowest BCUT2D eigenvalue weighted by Gasteiger charge is -2.09. The molecule has 0 unspecified atom stereocenters. The first kappa shape index (κ1) is 11.8. The van der Waals surface area contributed by atoms with Crippen LogP contribution in [0.5, 0.6) is 0 Å². The number of anilines is 1. The number of nitrogens with zero attached hydrogens (tertiary/aromatic N) is 1. The summed E-state index contributed by atoms with van der Waals surface area (Å²) in [7, 11) is 0. The minimum Gasteiger partial charge on any atom is -0.384 e. The van der Waals surface area contributed by atoms with Crippen molar-refractivity contribution < 1.29 is 13.2 Å². The highest BCUT2D eigenvalue weighted by Crippen LogP contribution is 2.36. The van der Waals surface area contributed by atoms with E-state index in [0.717, 1.165) is 12.1 Å². The summed E-state index contributed by atoms with van der Waals surface area (Å²) in [5, 5.41) is 6.15. The van der Waals surface area contributed by atoms with Gasteiger partial charge in [0.15, 0.2) is 0 Å². The average molecular weight is 262 g/mol. The Morgan fingerprint density at radius 1 is 1.24 bits per heavy atom. The number of nitrogens with one attached hydrogen (secondary N) is 1. The van der Waals surface area contributed by atoms with E-state index in [9.17, 15) is 13.2 Å². The number of hydrogen-bond acceptors (Lipinski definition) is 2. The first-order valence-electron chi connectivity index (χ1n) is 4.55. The van der Waals surface area contributed by atoms with E-state index in [1.807, 2.05) is 0 Å². The van der Waals surface area contributed by atoms with Gasteiger partial charge in [-0.05, 0) is 12.1 Å². The number of halogens is 4. The van der Waals surface area contributed by atoms with Gasteiger partial charge < -0.3 is 5.73 Å². The van der Waals surface area contributed by atoms with Gasteiger partial charge in [0.1, 0.15) is 5.82 Å². The third kappa shape index (κ3) is 2.21. The molecule has 0 aliphatic carbocycles. The topological polar surface area (TPSA) is 54.7 Å². The van der Waals surface area contributed by atoms with Gasteiger partial charge >= 0.3 is 6.18 Å². The maximum absolute atomic E-state index is 12.4. The van der Waals surface area contributed by atoms with Crippen LogP contribution in [0.3, 0.4) is 0 Å². The number of aromatic amines is 1. The maximum atomic E-state index is 12.4. The molecule has 7 heteroatoms. The summed E-state index contributed by atoms with van der Waals surface area (Å²) < 4.78 is 37.3. The zero-order chi connectivity index (χ0) is 12.6. The van der Waals surface area contributed by atoms with E-state index in [1.165, 1.54) is 12.3 Å². The summed E-state index contributed by atoms with van der Waals surface area (Å²) in [6.07, 6.45) is -3.01. The predicted molar refractivity (Wildman–Crippen MR) is 58.4 cm³/mol. The molecule has 0 amide bonds. The maximum Gasteiger partial charge on any atom is 0.416 e. The molecule has 0 radical (unpaired) electrons. The molecule has 1 heterocycles. The van der Waals surface area contributed by atoms with Gasteiger partial charge in [-0.1, -0.05) is 17.7 Å². The molecule has 2 aromatic rings. The standard InChI is InChI=1S/C10H7ClF3N3/c11-8-3-5(10(12,13)14)1-2-6(8)7-4-16-17-9(7)15/h1-4H,(H3,15,16,17). The predicted octanol–water partition coefficient (Wildman–Crippen LogP) is 3.33. The van der Waals surface area contributed by atoms with Crippen LogP contribution in [-0.4, -0.2) is 10.2 Å². The fourth-order valence-corrected chi connectivity index (χ4v) is 1.70. The Morgan fingerprint density at radius 3 is 2.41 bits per heavy atom. The number of H-pyrrole nitrogens is 1. The zero-order valence-corrected chi connectivity index (χ0v) is 9.10. The van der Waals surface area contributed by atoms with Crippen molar-refractivity contribution in [1.82, 2.24) is 10.2 Å². The van der Waals surface area contributed by atoms with Gasteiger partial charge in [-0.15, -0.1) is 0 Å². The van der Waals surface area contributed by atoms with Gasteiger partial charge in [-0.25, -0.2) is 0 Å². The smallest absolute Gasteiger partial charge is 0.384 e. The van der Waals surface area contributed by atoms with Crippen LogP contribution in [0.1, 0.15) is 5.56 Å². The minimum atomic E-state index is -4.41. The molecule has 0 fully saturated rings. The van der Waals surface area contributed by atoms with E-state index in [-0.39, 0.29) is 10.8 Å². The molecule has 3 nitrogen and oxygen atoms in total. The Labute approximate surface area is 99.4 Å². The molecule has 2 rings (SSSR count). The number of alkyl halides is 3. The van der Waals surface area contributed by atoms with Gasteiger partial charge in [0, 0.05) is 16.1 Å². The van der Waals surface area contributed by atoms with Crippen LogP contribution in [0.15, 0.2) is 24.4 Å². The van der Waals surface area contributed by atoms with Crippen molar-refractivity contribution in [2.45, 2.75) is 6.18 Å². The Balaban J connectivity index is 2.50. The Bertz CT molecular complexity index is 548. The van der Waals surface area contributed by atoms with E-state index in [1.54, 1.807) is 0 Å². The SMILES string of the molecule is Nc1[nH]ncc1-c1ccc(C(F)(F)F)cc1Cl. The molecule has 0 spiro atoms. The van der Waals surface area contributed by atoms with E-state index in [2.05, 4.69) is 10.2 Å². The van der Waals surface area contributed by atoms with E-state index in [0.29, 0.717) is 11.1 Å². The van der Waals surface area contributed by atoms with Crippen LogP contribution in [0.4, 0.5) is 19.0 Å². The van der Waals surface area contributed by atoms with Crippen LogP contribution in [0.2, 0.25) is 5.02 Å². The third-order valence-corrected chi connectivity index (χ3v) is 2.57. The van der Waals surface area contributed by atoms with Crippen LogP contribution < -0.4 is 5.73 Å². The van der Waals surface area contributed by atoms with Gasteiger partial charge in [-0.2, -0.15) is 18.3 Å². The third-order valence-electron chi connectivity index (χ3n) is 2.26. The highest BCUT2D eigenvalue weighted by molar-refractivity contribution is 6.33. The van der Waals surface area contributed by atoms with Crippen molar-refractivity contribution >= 4 is 17.4 Å². The van der Waals surface area contributed by atoms with Crippen molar-refractivity contribution in [2.24, 2.45) is 0 Å². The molecule has 0 bridgehead atoms. The highest BCUT2D eigenvalue weighted by atomic mass is 35.5. The lowest BCUT2D eigenvalue weighted by Crippen LogP contribution is -2.04. The van der Waals surface area contributed by atoms with Crippen LogP contribution >= 0.6 is 11.6 Å². The lowest BCUT2D eigenvalue weighted by atomic mass is 10.1. The summed E-state index contributed by atoms with van der Waals surface area (Å²) in [4.78, 5) is 0. The zero-order valence-electron chi connectivity index (χ0n) is 8.35. The molecule has 0 aliphatic heterocycles. The molecule has 0 aliphatic rings. The Hall–Kier alpha value is -1.69. The van der Waals surface area contributed by atoms with E-state index < -0.39 is 11.7 Å². The van der Waals surface area contributed by atoms with Gasteiger partial charge in [0.2, 0.25) is 0 Å². The molecule has 0 atom stereocenters. The van der Waals surface area contributed by atoms with Crippen molar-refractivity contribution in [3.8, 4) is 11.1 Å². The highest BCUT2D eigenvalue weighted by Gasteiger charge is 2.31. The van der Waals surface area contributed by atoms with Crippen LogP contribution in [0.25, 0.3) is 11.1 Å². The summed E-state index contributed by atoms with van der Waals surface area (Å²) >= 11 is 5.80. The molecule has 0 saturated heterocycles. The fourth-order valence-electron chi connectivity index (χ4n) is 1.42. The number of rotatable bonds is 1. The second-order valence-electron chi connectivity index (χ2n) is 3.39. The lowest BCUT2D eigenvalue weighted by molar-refractivity contribution is -0.137. The first-order valence-corrected chi connectivity index (χ1v) is 4.93. The quantitative estimate of drug-likeness (QED) is 0.827. The molecule has 17 heavy (non-hydrogen) atoms. The fraction of sp³-hybridized carbons (Fsp3) is 0.100. The van der Waals surface area contributed by atoms with E-state index >= 15 is 0 Å². The number of hydrogen-bond donors (Lipinski definition) is 2. The molecular formula is C10H7ClF3N3. The van der Waals surface area contributed by atoms with Crippen LogP contribution in [-0.2, 0) is 6.18 Å². The summed E-state index contributed by atoms with van der Waals surface area (Å²) in [5.41, 5.74) is 5.65. The van der Waals surface area contributed by atoms with Gasteiger partial charge in [0.05, 0.1) is 11.8 Å². The molecule has 1 aromatic carbocycles. The normalized spacial score (nSPS) is 11.8. The number of benzene rings is 1.